The lowest BCUT2D eigenvalue weighted by molar-refractivity contribution is -0.190. The molecule has 0 aromatic rings. The van der Waals surface area contributed by atoms with Crippen LogP contribution in [0.15, 0.2) is 0 Å². The first-order valence-electron chi connectivity index (χ1n) is 5.86. The van der Waals surface area contributed by atoms with Crippen molar-refractivity contribution in [2.45, 2.75) is 38.4 Å². The number of hydrogen-bond donors (Lipinski definition) is 6. The van der Waals surface area contributed by atoms with E-state index in [0.29, 0.717) is 0 Å². The fraction of sp³-hybridized carbons (Fsp3) is 0.818. The highest BCUT2D eigenvalue weighted by atomic mass is 16.5. The minimum absolute atomic E-state index is 0.0688. The summed E-state index contributed by atoms with van der Waals surface area (Å²) in [4.78, 5) is 23.4. The summed E-state index contributed by atoms with van der Waals surface area (Å²) in [7, 11) is 0. The molecule has 7 N–H and O–H groups in total. The molecule has 0 bridgehead atoms. The fourth-order valence-corrected chi connectivity index (χ4v) is 1.80. The van der Waals surface area contributed by atoms with Crippen molar-refractivity contribution in [1.82, 2.24) is 0 Å². The zero-order valence-electron chi connectivity index (χ0n) is 10.9. The van der Waals surface area contributed by atoms with Crippen molar-refractivity contribution in [3.63, 3.8) is 0 Å². The van der Waals surface area contributed by atoms with Crippen LogP contribution in [0.2, 0.25) is 0 Å². The Morgan fingerprint density at radius 1 is 1.26 bits per heavy atom. The maximum absolute atomic E-state index is 11.7. The van der Waals surface area contributed by atoms with Gasteiger partial charge in [0.2, 0.25) is 5.78 Å². The van der Waals surface area contributed by atoms with Crippen LogP contribution < -0.4 is 5.73 Å². The number of ketones is 2. The number of carbonyl (C=O) groups excluding carboxylic acids is 2. The number of rotatable bonds is 8. The van der Waals surface area contributed by atoms with E-state index in [0.717, 1.165) is 0 Å². The summed E-state index contributed by atoms with van der Waals surface area (Å²) in [5.74, 6) is -8.12. The van der Waals surface area contributed by atoms with E-state index in [1.54, 1.807) is 0 Å². The predicted octanol–water partition coefficient (Wildman–Crippen LogP) is -2.90. The second-order valence-electron chi connectivity index (χ2n) is 4.48. The normalized spacial score (nSPS) is 18.5. The Morgan fingerprint density at radius 3 is 2.05 bits per heavy atom. The first kappa shape index (κ1) is 18.1. The SMILES string of the molecule is CCC(O)C(C(=O)C(N)(O)O)C(C)C(=O)C(O)CO. The molecule has 0 rings (SSSR count). The predicted molar refractivity (Wildman–Crippen MR) is 63.4 cm³/mol. The van der Waals surface area contributed by atoms with Crippen LogP contribution in [0.3, 0.4) is 0 Å². The Bertz CT molecular complexity index is 325. The molecule has 0 aliphatic heterocycles. The highest BCUT2D eigenvalue weighted by Gasteiger charge is 2.44. The molecule has 19 heavy (non-hydrogen) atoms. The molecule has 0 aliphatic carbocycles. The van der Waals surface area contributed by atoms with Crippen molar-refractivity contribution in [2.75, 3.05) is 6.61 Å². The zero-order chi connectivity index (χ0) is 15.4. The summed E-state index contributed by atoms with van der Waals surface area (Å²) in [6.45, 7) is 1.92. The van der Waals surface area contributed by atoms with E-state index in [9.17, 15) is 19.8 Å². The van der Waals surface area contributed by atoms with Crippen LogP contribution in [0.5, 0.6) is 0 Å². The monoisotopic (exact) mass is 279 g/mol. The quantitative estimate of drug-likeness (QED) is 0.258. The number of aliphatic hydroxyl groups is 5. The van der Waals surface area contributed by atoms with E-state index in [2.05, 4.69) is 0 Å². The van der Waals surface area contributed by atoms with E-state index in [-0.39, 0.29) is 6.42 Å². The molecule has 0 amide bonds. The molecule has 0 saturated carbocycles. The number of nitrogens with two attached hydrogens (primary N) is 1. The van der Waals surface area contributed by atoms with Crippen LogP contribution in [0, 0.1) is 11.8 Å². The molecule has 8 nitrogen and oxygen atoms in total. The Morgan fingerprint density at radius 2 is 1.74 bits per heavy atom. The Hall–Kier alpha value is -0.900. The van der Waals surface area contributed by atoms with Crippen molar-refractivity contribution < 1.29 is 35.1 Å². The van der Waals surface area contributed by atoms with Crippen LogP contribution in [0.25, 0.3) is 0 Å². The van der Waals surface area contributed by atoms with Gasteiger partial charge in [0.1, 0.15) is 6.10 Å². The molecular weight excluding hydrogens is 258 g/mol. The summed E-state index contributed by atoms with van der Waals surface area (Å²) < 4.78 is 0. The first-order chi connectivity index (χ1) is 8.57. The average molecular weight is 279 g/mol. The van der Waals surface area contributed by atoms with Crippen LogP contribution in [0.1, 0.15) is 20.3 Å². The molecular formula is C11H21NO7. The Balaban J connectivity index is 5.28. The number of hydrogen-bond acceptors (Lipinski definition) is 8. The molecule has 4 unspecified atom stereocenters. The minimum Gasteiger partial charge on any atom is -0.393 e. The van der Waals surface area contributed by atoms with Gasteiger partial charge < -0.3 is 25.5 Å². The average Bonchev–Trinajstić information content (AvgIpc) is 2.35. The molecule has 8 heteroatoms. The minimum atomic E-state index is -3.18. The third kappa shape index (κ3) is 4.60. The maximum Gasteiger partial charge on any atom is 0.283 e. The molecule has 0 aliphatic rings. The number of aliphatic hydroxyl groups excluding tert-OH is 3. The molecule has 0 fully saturated rings. The van der Waals surface area contributed by atoms with Gasteiger partial charge in [-0.25, -0.2) is 0 Å². The lowest BCUT2D eigenvalue weighted by Gasteiger charge is -2.30. The number of Topliss-reactive ketones (excluding diaryl/α,β-unsaturated/α-hetero) is 2. The second kappa shape index (κ2) is 7.04. The third-order valence-corrected chi connectivity index (χ3v) is 2.99. The van der Waals surface area contributed by atoms with E-state index < -0.39 is 48.1 Å². The highest BCUT2D eigenvalue weighted by molar-refractivity contribution is 5.94. The van der Waals surface area contributed by atoms with Gasteiger partial charge in [-0.15, -0.1) is 0 Å². The molecule has 0 aromatic heterocycles. The van der Waals surface area contributed by atoms with Crippen molar-refractivity contribution in [3.05, 3.63) is 0 Å². The zero-order valence-corrected chi connectivity index (χ0v) is 10.9. The van der Waals surface area contributed by atoms with Gasteiger partial charge in [0.25, 0.3) is 5.91 Å². The van der Waals surface area contributed by atoms with Gasteiger partial charge in [-0.1, -0.05) is 13.8 Å². The van der Waals surface area contributed by atoms with Crippen LogP contribution in [-0.4, -0.2) is 61.8 Å². The van der Waals surface area contributed by atoms with Crippen LogP contribution >= 0.6 is 0 Å². The van der Waals surface area contributed by atoms with E-state index in [1.807, 2.05) is 0 Å². The van der Waals surface area contributed by atoms with Crippen LogP contribution in [-0.2, 0) is 9.59 Å². The van der Waals surface area contributed by atoms with Gasteiger partial charge >= 0.3 is 0 Å². The lowest BCUT2D eigenvalue weighted by atomic mass is 9.79. The molecule has 0 saturated heterocycles. The lowest BCUT2D eigenvalue weighted by Crippen LogP contribution is -2.55. The van der Waals surface area contributed by atoms with Gasteiger partial charge in [-0.3, -0.25) is 15.3 Å². The summed E-state index contributed by atoms with van der Waals surface area (Å²) in [5.41, 5.74) is 4.85. The van der Waals surface area contributed by atoms with Crippen molar-refractivity contribution in [3.8, 4) is 0 Å². The van der Waals surface area contributed by atoms with Gasteiger partial charge in [-0.05, 0) is 6.42 Å². The van der Waals surface area contributed by atoms with E-state index in [4.69, 9.17) is 21.1 Å². The van der Waals surface area contributed by atoms with Crippen molar-refractivity contribution in [1.29, 1.82) is 0 Å². The smallest absolute Gasteiger partial charge is 0.283 e. The first-order valence-corrected chi connectivity index (χ1v) is 5.86. The summed E-state index contributed by atoms with van der Waals surface area (Å²) >= 11 is 0. The fourth-order valence-electron chi connectivity index (χ4n) is 1.80. The molecule has 0 spiro atoms. The van der Waals surface area contributed by atoms with Crippen molar-refractivity contribution in [2.24, 2.45) is 17.6 Å². The molecule has 112 valence electrons. The summed E-state index contributed by atoms with van der Waals surface area (Å²) in [5, 5.41) is 45.8. The molecule has 4 atom stereocenters. The van der Waals surface area contributed by atoms with Gasteiger partial charge in [-0.2, -0.15) is 0 Å². The largest absolute Gasteiger partial charge is 0.393 e. The van der Waals surface area contributed by atoms with Gasteiger partial charge in [0.15, 0.2) is 5.78 Å². The summed E-state index contributed by atoms with van der Waals surface area (Å²) in [6, 6.07) is 0. The van der Waals surface area contributed by atoms with E-state index >= 15 is 0 Å². The Labute approximate surface area is 110 Å². The van der Waals surface area contributed by atoms with E-state index in [1.165, 1.54) is 13.8 Å². The highest BCUT2D eigenvalue weighted by Crippen LogP contribution is 2.24. The Kier molecular flexibility index (Phi) is 6.70. The van der Waals surface area contributed by atoms with Crippen LogP contribution in [0.4, 0.5) is 0 Å². The molecule has 0 radical (unpaired) electrons. The summed E-state index contributed by atoms with van der Waals surface area (Å²) in [6.07, 6.45) is -2.97. The standard InChI is InChI=1S/C11H21NO7/c1-3-6(14)8(10(17)11(12,18)19)5(2)9(16)7(15)4-13/h5-8,13-15,18-19H,3-4,12H2,1-2H3. The van der Waals surface area contributed by atoms with Gasteiger partial charge in [0, 0.05) is 5.92 Å². The van der Waals surface area contributed by atoms with Gasteiger partial charge in [0.05, 0.1) is 18.6 Å². The third-order valence-electron chi connectivity index (χ3n) is 2.99. The van der Waals surface area contributed by atoms with Crippen molar-refractivity contribution >= 4 is 11.6 Å². The maximum atomic E-state index is 11.7. The molecule has 0 heterocycles. The topological polar surface area (TPSA) is 161 Å². The second-order valence-corrected chi connectivity index (χ2v) is 4.48. The number of carbonyl (C=O) groups is 2. The molecule has 0 aromatic carbocycles.